The highest BCUT2D eigenvalue weighted by Gasteiger charge is 2.02. The quantitative estimate of drug-likeness (QED) is 0.553. The van der Waals surface area contributed by atoms with Crippen LogP contribution >= 0.6 is 12.2 Å². The van der Waals surface area contributed by atoms with Crippen LogP contribution in [0.1, 0.15) is 17.1 Å². The highest BCUT2D eigenvalue weighted by atomic mass is 32.1. The molecule has 3 rings (SSSR count). The van der Waals surface area contributed by atoms with Gasteiger partial charge in [-0.25, -0.2) is 0 Å². The maximum absolute atomic E-state index is 9.19. The molecule has 132 valence electrons. The number of hydrogen-bond donors (Lipinski definition) is 3. The predicted octanol–water partition coefficient (Wildman–Crippen LogP) is 4.71. The topological polar surface area (TPSA) is 71.4 Å². The fourth-order valence-electron chi connectivity index (χ4n) is 2.60. The van der Waals surface area contributed by atoms with Crippen molar-refractivity contribution in [1.82, 2.24) is 0 Å². The Kier molecular flexibility index (Phi) is 5.51. The second-order valence-corrected chi connectivity index (χ2v) is 6.39. The van der Waals surface area contributed by atoms with Crippen LogP contribution in [0.25, 0.3) is 16.8 Å². The van der Waals surface area contributed by atoms with E-state index in [1.807, 2.05) is 36.4 Å². The zero-order valence-corrected chi connectivity index (χ0v) is 15.1. The number of rotatable bonds is 6. The number of aliphatic hydroxyl groups is 1. The molecule has 0 saturated carbocycles. The van der Waals surface area contributed by atoms with Crippen molar-refractivity contribution in [3.63, 3.8) is 0 Å². The maximum Gasteiger partial charge on any atom is 0.130 e. The van der Waals surface area contributed by atoms with E-state index in [4.69, 9.17) is 22.4 Å². The molecule has 0 aliphatic carbocycles. The molecule has 5 heteroatoms. The molecule has 2 aromatic carbocycles. The predicted molar refractivity (Wildman–Crippen MR) is 108 cm³/mol. The van der Waals surface area contributed by atoms with Gasteiger partial charge in [-0.1, -0.05) is 55.2 Å². The summed E-state index contributed by atoms with van der Waals surface area (Å²) in [5.41, 5.74) is 10.4. The normalized spacial score (nSPS) is 10.5. The minimum atomic E-state index is -0.164. The van der Waals surface area contributed by atoms with E-state index < -0.39 is 0 Å². The van der Waals surface area contributed by atoms with Crippen LogP contribution in [0, 0.1) is 4.51 Å². The van der Waals surface area contributed by atoms with E-state index in [9.17, 15) is 5.11 Å². The largest absolute Gasteiger partial charge is 0.462 e. The van der Waals surface area contributed by atoms with Crippen molar-refractivity contribution in [3.8, 4) is 11.1 Å². The van der Waals surface area contributed by atoms with E-state index in [0.29, 0.717) is 28.3 Å². The first-order valence-corrected chi connectivity index (χ1v) is 8.59. The van der Waals surface area contributed by atoms with Crippen LogP contribution in [-0.2, 0) is 13.2 Å². The highest BCUT2D eigenvalue weighted by molar-refractivity contribution is 7.71. The lowest BCUT2D eigenvalue weighted by atomic mass is 10.0. The van der Waals surface area contributed by atoms with E-state index in [0.717, 1.165) is 22.4 Å². The molecule has 0 bridgehead atoms. The van der Waals surface area contributed by atoms with Gasteiger partial charge in [-0.3, -0.25) is 0 Å². The molecular formula is C21H20N2O2S. The average molecular weight is 364 g/mol. The van der Waals surface area contributed by atoms with Gasteiger partial charge in [0, 0.05) is 15.9 Å². The molecule has 0 saturated heterocycles. The number of hydrogen-bond acceptors (Lipinski definition) is 5. The number of anilines is 1. The standard InChI is InChI=1S/C21H20N2O2S/c1-14(22)15-2-4-16(5-3-15)17-6-8-18(9-7-17)23-12-19-10-21(26)11-20(13-24)25-19/h2-11,23-24H,1,12-13,22H2. The Bertz CT molecular complexity index is 961. The van der Waals surface area contributed by atoms with E-state index >= 15 is 0 Å². The third-order valence-corrected chi connectivity index (χ3v) is 4.20. The van der Waals surface area contributed by atoms with Crippen molar-refractivity contribution in [1.29, 1.82) is 0 Å². The molecule has 0 aliphatic rings. The highest BCUT2D eigenvalue weighted by Crippen LogP contribution is 2.23. The van der Waals surface area contributed by atoms with Gasteiger partial charge in [-0.05, 0) is 41.0 Å². The summed E-state index contributed by atoms with van der Waals surface area (Å²) in [6.07, 6.45) is 0. The third-order valence-electron chi connectivity index (χ3n) is 3.97. The molecule has 1 aromatic heterocycles. The molecule has 4 nitrogen and oxygen atoms in total. The molecule has 3 aromatic rings. The molecule has 0 radical (unpaired) electrons. The summed E-state index contributed by atoms with van der Waals surface area (Å²) in [6, 6.07) is 19.5. The Morgan fingerprint density at radius 3 is 2.15 bits per heavy atom. The SMILES string of the molecule is C=C(N)c1ccc(-c2ccc(NCc3cc(=S)cc(CO)o3)cc2)cc1. The Balaban J connectivity index is 1.69. The Morgan fingerprint density at radius 1 is 1.00 bits per heavy atom. The molecule has 1 heterocycles. The molecule has 26 heavy (non-hydrogen) atoms. The van der Waals surface area contributed by atoms with Gasteiger partial charge in [0.1, 0.15) is 18.1 Å². The van der Waals surface area contributed by atoms with E-state index in [1.54, 1.807) is 12.1 Å². The minimum Gasteiger partial charge on any atom is -0.462 e. The lowest BCUT2D eigenvalue weighted by Crippen LogP contribution is -2.00. The first kappa shape index (κ1) is 17.9. The second kappa shape index (κ2) is 7.99. The smallest absolute Gasteiger partial charge is 0.130 e. The molecule has 0 unspecified atom stereocenters. The first-order chi connectivity index (χ1) is 12.5. The van der Waals surface area contributed by atoms with Gasteiger partial charge < -0.3 is 20.6 Å². The fraction of sp³-hybridized carbons (Fsp3) is 0.0952. The number of aliphatic hydroxyl groups excluding tert-OH is 1. The lowest BCUT2D eigenvalue weighted by molar-refractivity contribution is 0.239. The van der Waals surface area contributed by atoms with Gasteiger partial charge in [-0.2, -0.15) is 0 Å². The molecular weight excluding hydrogens is 344 g/mol. The molecule has 0 amide bonds. The van der Waals surface area contributed by atoms with Crippen LogP contribution in [0.15, 0.2) is 71.7 Å². The third kappa shape index (κ3) is 4.39. The van der Waals surface area contributed by atoms with Crippen LogP contribution in [0.4, 0.5) is 5.69 Å². The van der Waals surface area contributed by atoms with Gasteiger partial charge >= 0.3 is 0 Å². The summed E-state index contributed by atoms with van der Waals surface area (Å²) in [4.78, 5) is 0. The average Bonchev–Trinajstić information content (AvgIpc) is 2.66. The summed E-state index contributed by atoms with van der Waals surface area (Å²) in [6.45, 7) is 4.07. The van der Waals surface area contributed by atoms with Gasteiger partial charge in [0.2, 0.25) is 0 Å². The number of nitrogens with two attached hydrogens (primary N) is 1. The van der Waals surface area contributed by atoms with Gasteiger partial charge in [0.15, 0.2) is 0 Å². The van der Waals surface area contributed by atoms with Crippen molar-refractivity contribution in [2.24, 2.45) is 5.73 Å². The van der Waals surface area contributed by atoms with Crippen LogP contribution in [-0.4, -0.2) is 5.11 Å². The number of nitrogens with one attached hydrogen (secondary N) is 1. The van der Waals surface area contributed by atoms with Gasteiger partial charge in [0.05, 0.1) is 6.54 Å². The second-order valence-electron chi connectivity index (χ2n) is 5.92. The van der Waals surface area contributed by atoms with Crippen LogP contribution < -0.4 is 11.1 Å². The first-order valence-electron chi connectivity index (χ1n) is 8.18. The van der Waals surface area contributed by atoms with Gasteiger partial charge in [-0.15, -0.1) is 0 Å². The van der Waals surface area contributed by atoms with E-state index in [2.05, 4.69) is 24.0 Å². The molecule has 0 fully saturated rings. The zero-order chi connectivity index (χ0) is 18.5. The Morgan fingerprint density at radius 2 is 1.58 bits per heavy atom. The summed E-state index contributed by atoms with van der Waals surface area (Å²) in [5, 5.41) is 12.5. The van der Waals surface area contributed by atoms with Crippen molar-refractivity contribution in [2.45, 2.75) is 13.2 Å². The summed E-state index contributed by atoms with van der Waals surface area (Å²) in [7, 11) is 0. The lowest BCUT2D eigenvalue weighted by Gasteiger charge is -2.09. The Labute approximate surface area is 157 Å². The van der Waals surface area contributed by atoms with Crippen molar-refractivity contribution >= 4 is 23.6 Å². The number of benzene rings is 2. The summed E-state index contributed by atoms with van der Waals surface area (Å²) < 4.78 is 6.21. The zero-order valence-electron chi connectivity index (χ0n) is 14.2. The maximum atomic E-state index is 9.19. The molecule has 0 spiro atoms. The summed E-state index contributed by atoms with van der Waals surface area (Å²) in [5.74, 6) is 1.15. The fourth-order valence-corrected chi connectivity index (χ4v) is 2.86. The summed E-state index contributed by atoms with van der Waals surface area (Å²) >= 11 is 5.17. The van der Waals surface area contributed by atoms with Crippen molar-refractivity contribution in [3.05, 3.63) is 88.8 Å². The molecule has 0 atom stereocenters. The Hall–Kier alpha value is -2.89. The molecule has 0 aliphatic heterocycles. The van der Waals surface area contributed by atoms with E-state index in [1.165, 1.54) is 0 Å². The van der Waals surface area contributed by atoms with Crippen LogP contribution in [0.2, 0.25) is 0 Å². The molecule has 4 N–H and O–H groups in total. The van der Waals surface area contributed by atoms with Crippen LogP contribution in [0.5, 0.6) is 0 Å². The van der Waals surface area contributed by atoms with E-state index in [-0.39, 0.29) is 6.61 Å². The van der Waals surface area contributed by atoms with Crippen molar-refractivity contribution < 1.29 is 9.52 Å². The van der Waals surface area contributed by atoms with Crippen molar-refractivity contribution in [2.75, 3.05) is 5.32 Å². The van der Waals surface area contributed by atoms with Gasteiger partial charge in [0.25, 0.3) is 0 Å². The minimum absolute atomic E-state index is 0.164. The van der Waals surface area contributed by atoms with Crippen LogP contribution in [0.3, 0.4) is 0 Å². The monoisotopic (exact) mass is 364 g/mol.